The number of fused-ring (bicyclic) bond motifs is 2. The molecular weight excluding hydrogens is 380 g/mol. The average Bonchev–Trinajstić information content (AvgIpc) is 3.44. The Kier molecular flexibility index (Phi) is 3.68. The molecule has 0 aliphatic carbocycles. The van der Waals surface area contributed by atoms with E-state index in [9.17, 15) is 4.79 Å². The monoisotopic (exact) mass is 398 g/mol. The summed E-state index contributed by atoms with van der Waals surface area (Å²) in [6.45, 7) is 0.603. The van der Waals surface area contributed by atoms with Gasteiger partial charge in [0.15, 0.2) is 23.1 Å². The van der Waals surface area contributed by atoms with E-state index in [1.807, 2.05) is 66.7 Å². The lowest BCUT2D eigenvalue weighted by Crippen LogP contribution is -2.51. The van der Waals surface area contributed by atoms with Crippen molar-refractivity contribution in [3.8, 4) is 17.2 Å². The number of nitrogens with zero attached hydrogens (tertiary/aromatic N) is 2. The topological polar surface area (TPSA) is 69.5 Å². The molecule has 0 saturated carbocycles. The summed E-state index contributed by atoms with van der Waals surface area (Å²) in [6, 6.07) is 22.9. The van der Waals surface area contributed by atoms with Crippen molar-refractivity contribution >= 4 is 5.78 Å². The third kappa shape index (κ3) is 2.33. The average molecular weight is 398 g/mol. The molecule has 3 aliphatic heterocycles. The minimum atomic E-state index is -1.18. The van der Waals surface area contributed by atoms with Crippen molar-refractivity contribution in [3.05, 3.63) is 89.5 Å². The van der Waals surface area contributed by atoms with E-state index >= 15 is 0 Å². The van der Waals surface area contributed by atoms with Gasteiger partial charge in [0.1, 0.15) is 5.75 Å². The summed E-state index contributed by atoms with van der Waals surface area (Å²) in [5.74, 6) is 1.61. The van der Waals surface area contributed by atoms with E-state index in [-0.39, 0.29) is 18.5 Å². The zero-order valence-corrected chi connectivity index (χ0v) is 16.0. The second-order valence-electron chi connectivity index (χ2n) is 7.65. The summed E-state index contributed by atoms with van der Waals surface area (Å²) >= 11 is 0. The molecule has 148 valence electrons. The molecule has 0 N–H and O–H groups in total. The maximum Gasteiger partial charge on any atom is 0.231 e. The summed E-state index contributed by atoms with van der Waals surface area (Å²) in [5.41, 5.74) is 1.19. The maximum absolute atomic E-state index is 14.0. The maximum atomic E-state index is 14.0. The smallest absolute Gasteiger partial charge is 0.231 e. The van der Waals surface area contributed by atoms with Gasteiger partial charge in [-0.05, 0) is 35.4 Å². The van der Waals surface area contributed by atoms with Crippen LogP contribution in [0.3, 0.4) is 0 Å². The highest BCUT2D eigenvalue weighted by Crippen LogP contribution is 2.53. The Morgan fingerprint density at radius 1 is 0.833 bits per heavy atom. The molecule has 6 nitrogen and oxygen atoms in total. The van der Waals surface area contributed by atoms with Crippen LogP contribution in [0.5, 0.6) is 17.2 Å². The Labute approximate surface area is 173 Å². The number of rotatable bonds is 2. The molecule has 3 aliphatic rings. The summed E-state index contributed by atoms with van der Waals surface area (Å²) in [4.78, 5) is 14.0. The molecule has 0 aromatic heterocycles. The molecule has 3 heterocycles. The molecular formula is C24H18N2O4. The highest BCUT2D eigenvalue weighted by molar-refractivity contribution is 6.08. The Bertz CT molecular complexity index is 1180. The van der Waals surface area contributed by atoms with Gasteiger partial charge in [0, 0.05) is 5.92 Å². The largest absolute Gasteiger partial charge is 0.482 e. The molecule has 0 bridgehead atoms. The molecule has 0 amide bonds. The van der Waals surface area contributed by atoms with Gasteiger partial charge in [-0.1, -0.05) is 48.5 Å². The number of carbonyl (C=O) groups is 1. The molecule has 6 heteroatoms. The number of benzene rings is 3. The number of hydrogen-bond donors (Lipinski definition) is 0. The highest BCUT2D eigenvalue weighted by Gasteiger charge is 2.60. The predicted molar refractivity (Wildman–Crippen MR) is 108 cm³/mol. The van der Waals surface area contributed by atoms with E-state index in [2.05, 4.69) is 10.2 Å². The molecule has 0 saturated heterocycles. The van der Waals surface area contributed by atoms with Crippen LogP contribution in [0.1, 0.15) is 33.5 Å². The van der Waals surface area contributed by atoms with Crippen molar-refractivity contribution < 1.29 is 19.0 Å². The molecule has 0 fully saturated rings. The van der Waals surface area contributed by atoms with E-state index in [0.29, 0.717) is 29.4 Å². The van der Waals surface area contributed by atoms with Crippen molar-refractivity contribution in [1.82, 2.24) is 0 Å². The molecule has 6 rings (SSSR count). The minimum absolute atomic E-state index is 0.0675. The number of Topliss-reactive ketones (excluding diaryl/α,β-unsaturated/α-hetero) is 1. The fourth-order valence-electron chi connectivity index (χ4n) is 4.64. The first kappa shape index (κ1) is 17.2. The van der Waals surface area contributed by atoms with Crippen molar-refractivity contribution in [1.29, 1.82) is 0 Å². The number of hydrogen-bond acceptors (Lipinski definition) is 6. The quantitative estimate of drug-likeness (QED) is 0.626. The van der Waals surface area contributed by atoms with Crippen molar-refractivity contribution in [3.63, 3.8) is 0 Å². The van der Waals surface area contributed by atoms with Crippen LogP contribution < -0.4 is 14.2 Å². The van der Waals surface area contributed by atoms with E-state index in [4.69, 9.17) is 14.2 Å². The van der Waals surface area contributed by atoms with Crippen LogP contribution in [0, 0.1) is 0 Å². The zero-order valence-electron chi connectivity index (χ0n) is 16.0. The van der Waals surface area contributed by atoms with Crippen LogP contribution in [0.4, 0.5) is 0 Å². The highest BCUT2D eigenvalue weighted by atomic mass is 16.7. The van der Waals surface area contributed by atoms with Crippen molar-refractivity contribution in [2.75, 3.05) is 13.3 Å². The number of para-hydroxylation sites is 1. The number of ketones is 1. The van der Waals surface area contributed by atoms with Gasteiger partial charge in [0.05, 0.1) is 12.1 Å². The lowest BCUT2D eigenvalue weighted by atomic mass is 9.69. The van der Waals surface area contributed by atoms with Gasteiger partial charge in [-0.2, -0.15) is 10.2 Å². The standard InChI is InChI=1S/C24H18N2O4/c27-22-17-8-4-5-9-19(17)30-23(15-6-2-1-3-7-15)24(22)18(13-25-26-24)16-10-11-20-21(12-16)29-14-28-20/h1-12,18,23H,13-14H2/t18-,23+,24+/m0/s1. The van der Waals surface area contributed by atoms with Gasteiger partial charge in [0.25, 0.3) is 0 Å². The van der Waals surface area contributed by atoms with Crippen LogP contribution in [0.15, 0.2) is 83.0 Å². The van der Waals surface area contributed by atoms with Crippen molar-refractivity contribution in [2.24, 2.45) is 10.2 Å². The first-order valence-electron chi connectivity index (χ1n) is 9.91. The Morgan fingerprint density at radius 2 is 1.63 bits per heavy atom. The van der Waals surface area contributed by atoms with E-state index in [1.54, 1.807) is 6.07 Å². The molecule has 3 aromatic carbocycles. The first-order chi connectivity index (χ1) is 14.8. The normalized spacial score (nSPS) is 25.9. The van der Waals surface area contributed by atoms with Gasteiger partial charge in [-0.25, -0.2) is 0 Å². The van der Waals surface area contributed by atoms with Crippen LogP contribution in [-0.4, -0.2) is 24.7 Å². The van der Waals surface area contributed by atoms with E-state index in [1.165, 1.54) is 0 Å². The second kappa shape index (κ2) is 6.42. The van der Waals surface area contributed by atoms with Crippen LogP contribution in [-0.2, 0) is 0 Å². The molecule has 0 radical (unpaired) electrons. The Hall–Kier alpha value is -3.67. The van der Waals surface area contributed by atoms with E-state index < -0.39 is 11.6 Å². The van der Waals surface area contributed by atoms with Gasteiger partial charge in [-0.15, -0.1) is 0 Å². The van der Waals surface area contributed by atoms with Gasteiger partial charge in [-0.3, -0.25) is 4.79 Å². The van der Waals surface area contributed by atoms with Gasteiger partial charge < -0.3 is 14.2 Å². The molecule has 3 aromatic rings. The number of azo groups is 1. The van der Waals surface area contributed by atoms with Crippen LogP contribution >= 0.6 is 0 Å². The molecule has 1 spiro atoms. The van der Waals surface area contributed by atoms with Gasteiger partial charge in [0.2, 0.25) is 12.6 Å². The zero-order chi connectivity index (χ0) is 20.1. The molecule has 3 atom stereocenters. The fourth-order valence-corrected chi connectivity index (χ4v) is 4.64. The molecule has 30 heavy (non-hydrogen) atoms. The second-order valence-corrected chi connectivity index (χ2v) is 7.65. The Balaban J connectivity index is 1.54. The number of ether oxygens (including phenoxy) is 3. The van der Waals surface area contributed by atoms with Crippen LogP contribution in [0.2, 0.25) is 0 Å². The minimum Gasteiger partial charge on any atom is -0.482 e. The number of carbonyl (C=O) groups excluding carboxylic acids is 1. The summed E-state index contributed by atoms with van der Waals surface area (Å²) < 4.78 is 17.5. The first-order valence-corrected chi connectivity index (χ1v) is 9.91. The SMILES string of the molecule is O=C1c2ccccc2O[C@H](c2ccccc2)[C@]12N=NC[C@H]2c1ccc2c(c1)OCO2. The lowest BCUT2D eigenvalue weighted by Gasteiger charge is -2.41. The fraction of sp³-hybridized carbons (Fsp3) is 0.208. The summed E-state index contributed by atoms with van der Waals surface area (Å²) in [5, 5.41) is 8.96. The van der Waals surface area contributed by atoms with E-state index in [0.717, 1.165) is 11.1 Å². The third-order valence-corrected chi connectivity index (χ3v) is 6.07. The molecule has 0 unspecified atom stereocenters. The van der Waals surface area contributed by atoms with Gasteiger partial charge >= 0.3 is 0 Å². The van der Waals surface area contributed by atoms with Crippen molar-refractivity contribution in [2.45, 2.75) is 17.6 Å². The lowest BCUT2D eigenvalue weighted by molar-refractivity contribution is 0.0521. The predicted octanol–water partition coefficient (Wildman–Crippen LogP) is 4.72. The Morgan fingerprint density at radius 3 is 2.53 bits per heavy atom. The summed E-state index contributed by atoms with van der Waals surface area (Å²) in [7, 11) is 0. The third-order valence-electron chi connectivity index (χ3n) is 6.07. The van der Waals surface area contributed by atoms with Crippen LogP contribution in [0.25, 0.3) is 0 Å². The summed E-state index contributed by atoms with van der Waals surface area (Å²) in [6.07, 6.45) is -0.581.